The lowest BCUT2D eigenvalue weighted by atomic mass is 10.0. The molecule has 0 aromatic heterocycles. The van der Waals surface area contributed by atoms with E-state index in [0.29, 0.717) is 11.8 Å². The summed E-state index contributed by atoms with van der Waals surface area (Å²) in [6.07, 6.45) is 6.05. The molecule has 0 radical (unpaired) electrons. The molecule has 1 aromatic rings. The Morgan fingerprint density at radius 3 is 1.65 bits per heavy atom. The third kappa shape index (κ3) is 7.38. The molecule has 2 unspecified atom stereocenters. The van der Waals surface area contributed by atoms with Gasteiger partial charge in [0.25, 0.3) is 0 Å². The van der Waals surface area contributed by atoms with Crippen LogP contribution in [0.2, 0.25) is 0 Å². The number of hydrogen-bond acceptors (Lipinski definition) is 5. The van der Waals surface area contributed by atoms with Crippen LogP contribution in [0.1, 0.15) is 76.6 Å². The lowest BCUT2D eigenvalue weighted by molar-refractivity contribution is -0.139. The van der Waals surface area contributed by atoms with Crippen LogP contribution in [0.5, 0.6) is 11.5 Å². The molecule has 0 N–H and O–H groups in total. The Hall–Kier alpha value is -2.17. The molecule has 0 fully saturated rings. The van der Waals surface area contributed by atoms with Gasteiger partial charge in [0.1, 0.15) is 17.8 Å². The summed E-state index contributed by atoms with van der Waals surface area (Å²) in [6, 6.07) is 4.41. The minimum Gasteiger partial charge on any atom is -0.426 e. The first-order valence-electron chi connectivity index (χ1n) is 9.44. The normalized spacial score (nSPS) is 12.9. The summed E-state index contributed by atoms with van der Waals surface area (Å²) in [6.45, 7) is 7.76. The van der Waals surface area contributed by atoms with Crippen LogP contribution in [0.3, 0.4) is 0 Å². The topological polar surface area (TPSA) is 69.7 Å². The number of unbranched alkanes of at least 4 members (excludes halogenated alkanes) is 2. The summed E-state index contributed by atoms with van der Waals surface area (Å²) in [4.78, 5) is 35.5. The monoisotopic (exact) mass is 362 g/mol. The molecule has 144 valence electrons. The maximum atomic E-state index is 12.2. The van der Waals surface area contributed by atoms with Crippen molar-refractivity contribution < 1.29 is 23.9 Å². The van der Waals surface area contributed by atoms with Gasteiger partial charge < -0.3 is 9.47 Å². The van der Waals surface area contributed by atoms with Crippen LogP contribution >= 0.6 is 0 Å². The molecule has 0 spiro atoms. The zero-order valence-corrected chi connectivity index (χ0v) is 16.2. The van der Waals surface area contributed by atoms with E-state index in [0.717, 1.165) is 38.5 Å². The van der Waals surface area contributed by atoms with Gasteiger partial charge >= 0.3 is 11.9 Å². The van der Waals surface area contributed by atoms with E-state index in [2.05, 4.69) is 13.8 Å². The molecule has 0 aliphatic rings. The molecule has 5 nitrogen and oxygen atoms in total. The first-order chi connectivity index (χ1) is 12.4. The predicted octanol–water partition coefficient (Wildman–Crippen LogP) is 4.96. The fourth-order valence-electron chi connectivity index (χ4n) is 2.47. The van der Waals surface area contributed by atoms with Crippen LogP contribution in [0, 0.1) is 11.8 Å². The second kappa shape index (κ2) is 11.4. The molecule has 1 rings (SSSR count). The van der Waals surface area contributed by atoms with Crippen LogP contribution < -0.4 is 9.47 Å². The van der Waals surface area contributed by atoms with Crippen molar-refractivity contribution in [2.75, 3.05) is 0 Å². The minimum atomic E-state index is -0.352. The zero-order chi connectivity index (χ0) is 19.5. The van der Waals surface area contributed by atoms with Gasteiger partial charge in [-0.25, -0.2) is 0 Å². The van der Waals surface area contributed by atoms with E-state index in [4.69, 9.17) is 9.47 Å². The molecule has 0 saturated heterocycles. The number of carbonyl (C=O) groups is 3. The van der Waals surface area contributed by atoms with Crippen LogP contribution in [0.4, 0.5) is 0 Å². The minimum absolute atomic E-state index is 0.215. The van der Waals surface area contributed by atoms with Gasteiger partial charge in [-0.1, -0.05) is 53.4 Å². The summed E-state index contributed by atoms with van der Waals surface area (Å²) in [5, 5.41) is 0. The van der Waals surface area contributed by atoms with E-state index in [1.165, 1.54) is 18.2 Å². The molecule has 0 aliphatic carbocycles. The summed E-state index contributed by atoms with van der Waals surface area (Å²) in [5.41, 5.74) is 0.292. The van der Waals surface area contributed by atoms with Crippen molar-refractivity contribution in [3.8, 4) is 11.5 Å². The lowest BCUT2D eigenvalue weighted by Gasteiger charge is -2.14. The van der Waals surface area contributed by atoms with Crippen molar-refractivity contribution in [3.63, 3.8) is 0 Å². The van der Waals surface area contributed by atoms with E-state index in [9.17, 15) is 14.4 Å². The molecule has 26 heavy (non-hydrogen) atoms. The highest BCUT2D eigenvalue weighted by Gasteiger charge is 2.18. The molecule has 0 amide bonds. The Morgan fingerprint density at radius 2 is 1.31 bits per heavy atom. The third-order valence-electron chi connectivity index (χ3n) is 4.26. The highest BCUT2D eigenvalue weighted by atomic mass is 16.5. The third-order valence-corrected chi connectivity index (χ3v) is 4.26. The average Bonchev–Trinajstić information content (AvgIpc) is 2.63. The Balaban J connectivity index is 2.82. The van der Waals surface area contributed by atoms with Gasteiger partial charge in [-0.05, 0) is 25.0 Å². The van der Waals surface area contributed by atoms with Gasteiger partial charge in [-0.3, -0.25) is 14.4 Å². The van der Waals surface area contributed by atoms with Crippen molar-refractivity contribution in [2.45, 2.75) is 66.2 Å². The maximum absolute atomic E-state index is 12.2. The fraction of sp³-hybridized carbons (Fsp3) is 0.571. The van der Waals surface area contributed by atoms with Gasteiger partial charge in [-0.2, -0.15) is 0 Å². The predicted molar refractivity (Wildman–Crippen MR) is 100 cm³/mol. The number of esters is 2. The van der Waals surface area contributed by atoms with E-state index in [1.807, 2.05) is 13.8 Å². The first-order valence-corrected chi connectivity index (χ1v) is 9.44. The molecule has 0 heterocycles. The van der Waals surface area contributed by atoms with Gasteiger partial charge in [0, 0.05) is 11.6 Å². The second-order valence-corrected chi connectivity index (χ2v) is 6.78. The summed E-state index contributed by atoms with van der Waals surface area (Å²) in [5.74, 6) is -0.728. The molecule has 0 bridgehead atoms. The molecule has 5 heteroatoms. The number of hydrogen-bond donors (Lipinski definition) is 0. The summed E-state index contributed by atoms with van der Waals surface area (Å²) in [7, 11) is 0. The maximum Gasteiger partial charge on any atom is 0.314 e. The number of aldehydes is 1. The molecule has 1 aromatic carbocycles. The Bertz CT molecular complexity index is 562. The summed E-state index contributed by atoms with van der Waals surface area (Å²) >= 11 is 0. The number of rotatable bonds is 11. The van der Waals surface area contributed by atoms with Crippen molar-refractivity contribution in [2.24, 2.45) is 11.8 Å². The largest absolute Gasteiger partial charge is 0.426 e. The second-order valence-electron chi connectivity index (χ2n) is 6.78. The lowest BCUT2D eigenvalue weighted by Crippen LogP contribution is -2.19. The average molecular weight is 362 g/mol. The summed E-state index contributed by atoms with van der Waals surface area (Å²) < 4.78 is 10.7. The van der Waals surface area contributed by atoms with Crippen LogP contribution in [0.25, 0.3) is 0 Å². The van der Waals surface area contributed by atoms with Gasteiger partial charge in [0.05, 0.1) is 11.8 Å². The Kier molecular flexibility index (Phi) is 9.63. The quantitative estimate of drug-likeness (QED) is 0.316. The number of ether oxygens (including phenoxy) is 2. The number of carbonyl (C=O) groups excluding carboxylic acids is 3. The molecule has 2 atom stereocenters. The van der Waals surface area contributed by atoms with Gasteiger partial charge in [0.2, 0.25) is 0 Å². The van der Waals surface area contributed by atoms with E-state index < -0.39 is 0 Å². The Labute approximate surface area is 156 Å². The molecule has 0 saturated carbocycles. The highest BCUT2D eigenvalue weighted by molar-refractivity contribution is 5.80. The van der Waals surface area contributed by atoms with Crippen molar-refractivity contribution in [3.05, 3.63) is 23.8 Å². The smallest absolute Gasteiger partial charge is 0.314 e. The van der Waals surface area contributed by atoms with Crippen molar-refractivity contribution >= 4 is 18.2 Å². The van der Waals surface area contributed by atoms with Crippen LogP contribution in [-0.2, 0) is 9.59 Å². The SMILES string of the molecule is CCCCC(C)C(=O)Oc1cc(C=O)cc(OC(=O)C(C)CCCC)c1. The van der Waals surface area contributed by atoms with Gasteiger partial charge in [0.15, 0.2) is 0 Å². The van der Waals surface area contributed by atoms with E-state index >= 15 is 0 Å². The van der Waals surface area contributed by atoms with E-state index in [-0.39, 0.29) is 35.3 Å². The van der Waals surface area contributed by atoms with E-state index in [1.54, 1.807) is 0 Å². The van der Waals surface area contributed by atoms with Crippen molar-refractivity contribution in [1.82, 2.24) is 0 Å². The molecular weight excluding hydrogens is 332 g/mol. The fourth-order valence-corrected chi connectivity index (χ4v) is 2.47. The zero-order valence-electron chi connectivity index (χ0n) is 16.2. The standard InChI is InChI=1S/C21H30O5/c1-5-7-9-15(3)20(23)25-18-11-17(14-22)12-19(13-18)26-21(24)16(4)10-8-6-2/h11-16H,5-10H2,1-4H3. The molecular formula is C21H30O5. The van der Waals surface area contributed by atoms with Crippen molar-refractivity contribution in [1.29, 1.82) is 0 Å². The Morgan fingerprint density at radius 1 is 0.885 bits per heavy atom. The highest BCUT2D eigenvalue weighted by Crippen LogP contribution is 2.25. The molecule has 0 aliphatic heterocycles. The van der Waals surface area contributed by atoms with Crippen LogP contribution in [0.15, 0.2) is 18.2 Å². The van der Waals surface area contributed by atoms with Crippen LogP contribution in [-0.4, -0.2) is 18.2 Å². The number of benzene rings is 1. The first kappa shape index (κ1) is 21.9. The van der Waals surface area contributed by atoms with Gasteiger partial charge in [-0.15, -0.1) is 0 Å².